The number of likely N-dealkylation sites (tertiary alicyclic amines) is 1. The van der Waals surface area contributed by atoms with Gasteiger partial charge in [-0.1, -0.05) is 12.8 Å². The fourth-order valence-corrected chi connectivity index (χ4v) is 3.41. The lowest BCUT2D eigenvalue weighted by Crippen LogP contribution is -2.50. The summed E-state index contributed by atoms with van der Waals surface area (Å²) < 4.78 is 0. The van der Waals surface area contributed by atoms with Gasteiger partial charge in [0.1, 0.15) is 0 Å². The van der Waals surface area contributed by atoms with Gasteiger partial charge in [-0.3, -0.25) is 9.69 Å². The van der Waals surface area contributed by atoms with Crippen LogP contribution < -0.4 is 0 Å². The van der Waals surface area contributed by atoms with Gasteiger partial charge in [0.15, 0.2) is 0 Å². The molecule has 0 aliphatic carbocycles. The highest BCUT2D eigenvalue weighted by Crippen LogP contribution is 2.11. The van der Waals surface area contributed by atoms with E-state index in [1.54, 1.807) is 0 Å². The van der Waals surface area contributed by atoms with Crippen LogP contribution in [0, 0.1) is 0 Å². The third-order valence-electron chi connectivity index (χ3n) is 4.92. The average Bonchev–Trinajstić information content (AvgIpc) is 2.82. The van der Waals surface area contributed by atoms with E-state index in [9.17, 15) is 4.79 Å². The van der Waals surface area contributed by atoms with E-state index in [2.05, 4.69) is 14.7 Å². The largest absolute Gasteiger partial charge is 0.396 e. The van der Waals surface area contributed by atoms with E-state index in [1.165, 1.54) is 32.1 Å². The lowest BCUT2D eigenvalue weighted by Gasteiger charge is -2.35. The highest BCUT2D eigenvalue weighted by atomic mass is 16.2. The van der Waals surface area contributed by atoms with E-state index in [0.29, 0.717) is 19.1 Å². The first-order valence-electron chi connectivity index (χ1n) is 9.13. The van der Waals surface area contributed by atoms with Crippen molar-refractivity contribution in [2.24, 2.45) is 0 Å². The van der Waals surface area contributed by atoms with Gasteiger partial charge >= 0.3 is 0 Å². The van der Waals surface area contributed by atoms with Crippen molar-refractivity contribution in [1.29, 1.82) is 0 Å². The molecule has 2 aliphatic heterocycles. The Morgan fingerprint density at radius 3 is 2.05 bits per heavy atom. The van der Waals surface area contributed by atoms with Gasteiger partial charge in [-0.05, 0) is 38.6 Å². The summed E-state index contributed by atoms with van der Waals surface area (Å²) in [5.41, 5.74) is 0. The summed E-state index contributed by atoms with van der Waals surface area (Å²) in [6.45, 7) is 8.16. The van der Waals surface area contributed by atoms with Crippen molar-refractivity contribution in [3.63, 3.8) is 0 Å². The van der Waals surface area contributed by atoms with Gasteiger partial charge in [0.25, 0.3) is 0 Å². The minimum Gasteiger partial charge on any atom is -0.396 e. The topological polar surface area (TPSA) is 47.0 Å². The number of aliphatic hydroxyl groups is 1. The zero-order valence-corrected chi connectivity index (χ0v) is 14.0. The molecule has 2 heterocycles. The number of unbranched alkanes of at least 4 members (excludes halogenated alkanes) is 2. The van der Waals surface area contributed by atoms with Crippen molar-refractivity contribution in [2.45, 2.75) is 44.9 Å². The van der Waals surface area contributed by atoms with Crippen molar-refractivity contribution < 1.29 is 9.90 Å². The zero-order valence-electron chi connectivity index (χ0n) is 14.0. The highest BCUT2D eigenvalue weighted by molar-refractivity contribution is 5.78. The van der Waals surface area contributed by atoms with E-state index in [0.717, 1.165) is 58.7 Å². The molecule has 1 N–H and O–H groups in total. The Balaban J connectivity index is 1.61. The minimum atomic E-state index is 0.312. The van der Waals surface area contributed by atoms with Crippen LogP contribution in [0.2, 0.25) is 0 Å². The maximum absolute atomic E-state index is 12.4. The van der Waals surface area contributed by atoms with Gasteiger partial charge in [-0.25, -0.2) is 0 Å². The van der Waals surface area contributed by atoms with E-state index < -0.39 is 0 Å². The minimum absolute atomic E-state index is 0.312. The molecule has 0 aromatic carbocycles. The molecule has 5 nitrogen and oxygen atoms in total. The number of carbonyl (C=O) groups is 1. The number of piperazine rings is 1. The molecule has 0 atom stereocenters. The molecule has 0 unspecified atom stereocenters. The quantitative estimate of drug-likeness (QED) is 0.717. The number of hydrogen-bond acceptors (Lipinski definition) is 4. The van der Waals surface area contributed by atoms with Gasteiger partial charge in [-0.15, -0.1) is 0 Å². The van der Waals surface area contributed by atoms with E-state index in [-0.39, 0.29) is 0 Å². The molecule has 2 aliphatic rings. The number of amides is 1. The Morgan fingerprint density at radius 1 is 0.773 bits per heavy atom. The Bertz CT molecular complexity index is 309. The van der Waals surface area contributed by atoms with Crippen molar-refractivity contribution in [3.8, 4) is 0 Å². The highest BCUT2D eigenvalue weighted by Gasteiger charge is 2.22. The summed E-state index contributed by atoms with van der Waals surface area (Å²) in [5, 5.41) is 8.79. The number of carbonyl (C=O) groups excluding carboxylic acids is 1. The number of nitrogens with zero attached hydrogens (tertiary/aromatic N) is 3. The second-order valence-electron chi connectivity index (χ2n) is 6.70. The Kier molecular flexibility index (Phi) is 8.20. The summed E-state index contributed by atoms with van der Waals surface area (Å²) in [7, 11) is 0. The summed E-state index contributed by atoms with van der Waals surface area (Å²) >= 11 is 0. The van der Waals surface area contributed by atoms with Crippen molar-refractivity contribution in [2.75, 3.05) is 59.0 Å². The molecule has 22 heavy (non-hydrogen) atoms. The van der Waals surface area contributed by atoms with Gasteiger partial charge in [0.05, 0.1) is 6.54 Å². The first-order valence-corrected chi connectivity index (χ1v) is 9.13. The number of aliphatic hydroxyl groups excluding tert-OH is 1. The van der Waals surface area contributed by atoms with Gasteiger partial charge in [0.2, 0.25) is 5.91 Å². The summed E-state index contributed by atoms with van der Waals surface area (Å²) in [6, 6.07) is 0. The second-order valence-corrected chi connectivity index (χ2v) is 6.70. The van der Waals surface area contributed by atoms with Gasteiger partial charge in [-0.2, -0.15) is 0 Å². The van der Waals surface area contributed by atoms with E-state index in [4.69, 9.17) is 5.11 Å². The number of hydrogen-bond donors (Lipinski definition) is 1. The Labute approximate surface area is 135 Å². The summed E-state index contributed by atoms with van der Waals surface area (Å²) in [5.74, 6) is 0.332. The maximum Gasteiger partial charge on any atom is 0.236 e. The van der Waals surface area contributed by atoms with Crippen molar-refractivity contribution in [1.82, 2.24) is 14.7 Å². The zero-order chi connectivity index (χ0) is 15.6. The Hall–Kier alpha value is -0.650. The van der Waals surface area contributed by atoms with Crippen LogP contribution >= 0.6 is 0 Å². The second kappa shape index (κ2) is 10.2. The van der Waals surface area contributed by atoms with Crippen LogP contribution in [0.4, 0.5) is 0 Å². The average molecular weight is 311 g/mol. The first kappa shape index (κ1) is 17.7. The Morgan fingerprint density at radius 2 is 1.41 bits per heavy atom. The fourth-order valence-electron chi connectivity index (χ4n) is 3.41. The van der Waals surface area contributed by atoms with Crippen molar-refractivity contribution >= 4 is 5.91 Å². The molecule has 5 heteroatoms. The molecule has 128 valence electrons. The molecule has 0 saturated carbocycles. The predicted molar refractivity (Wildman–Crippen MR) is 88.9 cm³/mol. The lowest BCUT2D eigenvalue weighted by atomic mass is 10.2. The molecule has 0 aromatic rings. The first-order chi connectivity index (χ1) is 10.8. The van der Waals surface area contributed by atoms with Crippen LogP contribution in [0.15, 0.2) is 0 Å². The van der Waals surface area contributed by atoms with Crippen LogP contribution in [0.3, 0.4) is 0 Å². The number of rotatable bonds is 7. The molecule has 2 rings (SSSR count). The third-order valence-corrected chi connectivity index (χ3v) is 4.92. The molecule has 0 spiro atoms. The van der Waals surface area contributed by atoms with Crippen LogP contribution in [0.25, 0.3) is 0 Å². The monoisotopic (exact) mass is 311 g/mol. The molecule has 2 saturated heterocycles. The predicted octanol–water partition coefficient (Wildman–Crippen LogP) is 1.17. The standard InChI is InChI=1S/C17H33N3O2/c21-15-7-3-4-8-18-11-13-19(14-12-18)16-17(22)20-9-5-1-2-6-10-20/h21H,1-16H2. The lowest BCUT2D eigenvalue weighted by molar-refractivity contribution is -0.132. The molecule has 0 radical (unpaired) electrons. The van der Waals surface area contributed by atoms with Crippen molar-refractivity contribution in [3.05, 3.63) is 0 Å². The molecular formula is C17H33N3O2. The van der Waals surface area contributed by atoms with Gasteiger partial charge in [0, 0.05) is 45.9 Å². The smallest absolute Gasteiger partial charge is 0.236 e. The van der Waals surface area contributed by atoms with E-state index >= 15 is 0 Å². The molecular weight excluding hydrogens is 278 g/mol. The maximum atomic E-state index is 12.4. The normalized spacial score (nSPS) is 21.8. The van der Waals surface area contributed by atoms with Crippen LogP contribution in [-0.2, 0) is 4.79 Å². The van der Waals surface area contributed by atoms with Crippen LogP contribution in [0.5, 0.6) is 0 Å². The SMILES string of the molecule is O=C(CN1CCN(CCCCCO)CC1)N1CCCCCC1. The molecule has 1 amide bonds. The molecule has 0 bridgehead atoms. The summed E-state index contributed by atoms with van der Waals surface area (Å²) in [6.07, 6.45) is 8.11. The summed E-state index contributed by atoms with van der Waals surface area (Å²) in [4.78, 5) is 19.3. The fraction of sp³-hybridized carbons (Fsp3) is 0.941. The van der Waals surface area contributed by atoms with Gasteiger partial charge < -0.3 is 14.9 Å². The van der Waals surface area contributed by atoms with E-state index in [1.807, 2.05) is 0 Å². The molecule has 2 fully saturated rings. The van der Waals surface area contributed by atoms with Crippen LogP contribution in [-0.4, -0.2) is 84.7 Å². The van der Waals surface area contributed by atoms with Crippen LogP contribution in [0.1, 0.15) is 44.9 Å². The molecule has 0 aromatic heterocycles. The third kappa shape index (κ3) is 6.23.